The number of benzene rings is 1. The van der Waals surface area contributed by atoms with Gasteiger partial charge in [-0.1, -0.05) is 11.6 Å². The van der Waals surface area contributed by atoms with Gasteiger partial charge < -0.3 is 10.6 Å². The highest BCUT2D eigenvalue weighted by atomic mass is 35.5. The Morgan fingerprint density at radius 1 is 1.26 bits per heavy atom. The fourth-order valence-electron chi connectivity index (χ4n) is 2.66. The van der Waals surface area contributed by atoms with Gasteiger partial charge in [-0.25, -0.2) is 0 Å². The zero-order valence-electron chi connectivity index (χ0n) is 12.4. The van der Waals surface area contributed by atoms with Crippen molar-refractivity contribution in [3.63, 3.8) is 0 Å². The average molecular weight is 349 g/mol. The second-order valence-corrected chi connectivity index (χ2v) is 6.15. The highest BCUT2D eigenvalue weighted by Gasteiger charge is 2.35. The summed E-state index contributed by atoms with van der Waals surface area (Å²) < 4.78 is 38.6. The van der Waals surface area contributed by atoms with Crippen LogP contribution >= 0.6 is 11.6 Å². The first kappa shape index (κ1) is 17.6. The highest BCUT2D eigenvalue weighted by molar-refractivity contribution is 6.31. The molecule has 0 unspecified atom stereocenters. The summed E-state index contributed by atoms with van der Waals surface area (Å²) in [4.78, 5) is 25.3. The van der Waals surface area contributed by atoms with E-state index in [-0.39, 0.29) is 23.2 Å². The van der Waals surface area contributed by atoms with Gasteiger partial charge in [0.25, 0.3) is 5.91 Å². The zero-order valence-corrected chi connectivity index (χ0v) is 13.1. The molecule has 23 heavy (non-hydrogen) atoms. The summed E-state index contributed by atoms with van der Waals surface area (Å²) >= 11 is 5.71. The van der Waals surface area contributed by atoms with Gasteiger partial charge in [-0.15, -0.1) is 0 Å². The van der Waals surface area contributed by atoms with Crippen LogP contribution in [0.25, 0.3) is 0 Å². The van der Waals surface area contributed by atoms with Crippen LogP contribution in [0.2, 0.25) is 5.02 Å². The van der Waals surface area contributed by atoms with Crippen LogP contribution in [-0.4, -0.2) is 29.3 Å². The molecule has 2 rings (SSSR count). The molecule has 2 atom stereocenters. The van der Waals surface area contributed by atoms with Crippen LogP contribution in [-0.2, 0) is 11.0 Å². The molecule has 1 heterocycles. The van der Waals surface area contributed by atoms with Crippen molar-refractivity contribution in [1.29, 1.82) is 0 Å². The van der Waals surface area contributed by atoms with E-state index in [4.69, 9.17) is 17.3 Å². The van der Waals surface area contributed by atoms with E-state index in [9.17, 15) is 22.8 Å². The molecule has 1 aromatic rings. The first-order valence-electron chi connectivity index (χ1n) is 7.07. The van der Waals surface area contributed by atoms with Gasteiger partial charge in [0, 0.05) is 23.2 Å². The van der Waals surface area contributed by atoms with Crippen LogP contribution in [0.3, 0.4) is 0 Å². The van der Waals surface area contributed by atoms with Gasteiger partial charge in [-0.05, 0) is 38.0 Å². The van der Waals surface area contributed by atoms with E-state index in [1.54, 1.807) is 6.92 Å². The van der Waals surface area contributed by atoms with Crippen LogP contribution < -0.4 is 5.73 Å². The summed E-state index contributed by atoms with van der Waals surface area (Å²) in [5.41, 5.74) is 4.14. The monoisotopic (exact) mass is 348 g/mol. The second-order valence-electron chi connectivity index (χ2n) is 5.71. The molecule has 8 heteroatoms. The Hall–Kier alpha value is -1.76. The molecule has 0 spiro atoms. The maximum absolute atomic E-state index is 12.9. The number of nitrogens with two attached hydrogens (primary N) is 1. The Balaban J connectivity index is 2.32. The van der Waals surface area contributed by atoms with Crippen LogP contribution in [0.15, 0.2) is 18.2 Å². The Morgan fingerprint density at radius 2 is 1.91 bits per heavy atom. The van der Waals surface area contributed by atoms with E-state index in [1.165, 1.54) is 11.0 Å². The number of alkyl halides is 3. The summed E-state index contributed by atoms with van der Waals surface area (Å²) in [7, 11) is 0. The second kappa shape index (κ2) is 6.39. The average Bonchev–Trinajstić information content (AvgIpc) is 2.45. The van der Waals surface area contributed by atoms with Crippen molar-refractivity contribution in [2.45, 2.75) is 32.0 Å². The van der Waals surface area contributed by atoms with Gasteiger partial charge in [0.15, 0.2) is 0 Å². The number of amides is 2. The minimum Gasteiger partial charge on any atom is -0.369 e. The Kier molecular flexibility index (Phi) is 4.89. The maximum Gasteiger partial charge on any atom is 0.416 e. The number of halogens is 4. The summed E-state index contributed by atoms with van der Waals surface area (Å²) in [5.74, 6) is -1.59. The SMILES string of the molecule is C[C@H]1CC[C@@H](C(N)=O)CN1C(=O)c1cc(Cl)cc(C(F)(F)F)c1. The quantitative estimate of drug-likeness (QED) is 0.892. The summed E-state index contributed by atoms with van der Waals surface area (Å²) in [6, 6.07) is 2.55. The number of nitrogens with zero attached hydrogens (tertiary/aromatic N) is 1. The van der Waals surface area contributed by atoms with E-state index in [1.807, 2.05) is 0 Å². The van der Waals surface area contributed by atoms with Crippen LogP contribution in [0.4, 0.5) is 13.2 Å². The van der Waals surface area contributed by atoms with Crippen LogP contribution in [0, 0.1) is 5.92 Å². The molecule has 1 aliphatic rings. The summed E-state index contributed by atoms with van der Waals surface area (Å²) in [5, 5.41) is -0.167. The molecule has 0 saturated carbocycles. The van der Waals surface area contributed by atoms with Crippen molar-refractivity contribution in [1.82, 2.24) is 4.90 Å². The predicted octanol–water partition coefficient (Wildman–Crippen LogP) is 3.08. The largest absolute Gasteiger partial charge is 0.416 e. The van der Waals surface area contributed by atoms with Crippen LogP contribution in [0.5, 0.6) is 0 Å². The molecule has 0 bridgehead atoms. The molecule has 2 amide bonds. The third-order valence-corrected chi connectivity index (χ3v) is 4.24. The van der Waals surface area contributed by atoms with E-state index >= 15 is 0 Å². The van der Waals surface area contributed by atoms with Gasteiger partial charge in [-0.2, -0.15) is 13.2 Å². The number of rotatable bonds is 2. The minimum absolute atomic E-state index is 0.100. The number of primary amides is 1. The van der Waals surface area contributed by atoms with Crippen molar-refractivity contribution >= 4 is 23.4 Å². The van der Waals surface area contributed by atoms with E-state index in [0.29, 0.717) is 12.8 Å². The zero-order chi connectivity index (χ0) is 17.4. The lowest BCUT2D eigenvalue weighted by Gasteiger charge is -2.37. The van der Waals surface area contributed by atoms with Gasteiger partial charge in [-0.3, -0.25) is 9.59 Å². The summed E-state index contributed by atoms with van der Waals surface area (Å²) in [6.07, 6.45) is -3.47. The number of carbonyl (C=O) groups is 2. The summed E-state index contributed by atoms with van der Waals surface area (Å²) in [6.45, 7) is 1.88. The molecule has 0 aliphatic carbocycles. The molecular formula is C15H16ClF3N2O2. The van der Waals surface area contributed by atoms with Gasteiger partial charge in [0.05, 0.1) is 11.5 Å². The molecule has 1 aromatic carbocycles. The third-order valence-electron chi connectivity index (χ3n) is 4.02. The van der Waals surface area contributed by atoms with E-state index in [0.717, 1.165) is 12.1 Å². The molecule has 4 nitrogen and oxygen atoms in total. The first-order chi connectivity index (χ1) is 10.6. The fourth-order valence-corrected chi connectivity index (χ4v) is 2.90. The molecule has 1 aliphatic heterocycles. The van der Waals surface area contributed by atoms with E-state index in [2.05, 4.69) is 0 Å². The number of carbonyl (C=O) groups excluding carboxylic acids is 2. The van der Waals surface area contributed by atoms with Crippen molar-refractivity contribution in [3.8, 4) is 0 Å². The highest BCUT2D eigenvalue weighted by Crippen LogP contribution is 2.33. The van der Waals surface area contributed by atoms with Crippen LogP contribution in [0.1, 0.15) is 35.7 Å². The molecule has 2 N–H and O–H groups in total. The molecule has 1 saturated heterocycles. The normalized spacial score (nSPS) is 22.0. The molecule has 0 radical (unpaired) electrons. The number of hydrogen-bond donors (Lipinski definition) is 1. The fraction of sp³-hybridized carbons (Fsp3) is 0.467. The molecular weight excluding hydrogens is 333 g/mol. The van der Waals surface area contributed by atoms with Crippen molar-refractivity contribution in [2.75, 3.05) is 6.54 Å². The van der Waals surface area contributed by atoms with Gasteiger partial charge in [0.1, 0.15) is 0 Å². The smallest absolute Gasteiger partial charge is 0.369 e. The number of piperidine rings is 1. The Labute approximate surface area is 136 Å². The Morgan fingerprint density at radius 3 is 2.48 bits per heavy atom. The van der Waals surface area contributed by atoms with Gasteiger partial charge >= 0.3 is 6.18 Å². The van der Waals surface area contributed by atoms with Crippen molar-refractivity contribution < 1.29 is 22.8 Å². The predicted molar refractivity (Wildman–Crippen MR) is 78.9 cm³/mol. The number of hydrogen-bond acceptors (Lipinski definition) is 2. The molecule has 0 aromatic heterocycles. The lowest BCUT2D eigenvalue weighted by Crippen LogP contribution is -2.48. The first-order valence-corrected chi connectivity index (χ1v) is 7.45. The third kappa shape index (κ3) is 3.96. The van der Waals surface area contributed by atoms with Gasteiger partial charge in [0.2, 0.25) is 5.91 Å². The van der Waals surface area contributed by atoms with Crippen molar-refractivity contribution in [3.05, 3.63) is 34.3 Å². The topological polar surface area (TPSA) is 63.4 Å². The molecule has 1 fully saturated rings. The standard InChI is InChI=1S/C15H16ClF3N2O2/c1-8-2-3-9(13(20)22)7-21(8)14(23)10-4-11(15(17,18)19)6-12(16)5-10/h4-6,8-9H,2-3,7H2,1H3,(H2,20,22)/t8-,9+/m0/s1. The molecule has 126 valence electrons. The van der Waals surface area contributed by atoms with E-state index < -0.39 is 29.5 Å². The minimum atomic E-state index is -4.59. The Bertz CT molecular complexity index is 634. The maximum atomic E-state index is 12.9. The lowest BCUT2D eigenvalue weighted by molar-refractivity contribution is -0.137. The van der Waals surface area contributed by atoms with Crippen molar-refractivity contribution in [2.24, 2.45) is 11.7 Å². The lowest BCUT2D eigenvalue weighted by atomic mass is 9.92. The number of likely N-dealkylation sites (tertiary alicyclic amines) is 1.